The van der Waals surface area contributed by atoms with Crippen LogP contribution in [0.2, 0.25) is 0 Å². The van der Waals surface area contributed by atoms with Gasteiger partial charge in [0.15, 0.2) is 0 Å². The maximum atomic E-state index is 12.3. The van der Waals surface area contributed by atoms with E-state index in [0.29, 0.717) is 0 Å². The Labute approximate surface area is 115 Å². The summed E-state index contributed by atoms with van der Waals surface area (Å²) in [6, 6.07) is 2.13. The summed E-state index contributed by atoms with van der Waals surface area (Å²) in [6.45, 7) is 7.52. The lowest BCUT2D eigenvalue weighted by Gasteiger charge is -2.29. The molecule has 106 valence electrons. The van der Waals surface area contributed by atoms with Crippen LogP contribution in [-0.2, 0) is 11.2 Å². The topological polar surface area (TPSA) is 45.5 Å². The Bertz CT molecular complexity index is 424. The van der Waals surface area contributed by atoms with E-state index in [1.165, 1.54) is 5.56 Å². The monoisotopic (exact) mass is 264 g/mol. The van der Waals surface area contributed by atoms with E-state index < -0.39 is 0 Å². The fourth-order valence-electron chi connectivity index (χ4n) is 2.84. The van der Waals surface area contributed by atoms with Crippen LogP contribution in [0.25, 0.3) is 0 Å². The Hall–Kier alpha value is -1.29. The van der Waals surface area contributed by atoms with Crippen molar-refractivity contribution in [3.63, 3.8) is 0 Å². The van der Waals surface area contributed by atoms with E-state index in [2.05, 4.69) is 5.32 Å². The van der Waals surface area contributed by atoms with Crippen LogP contribution in [0.1, 0.15) is 51.0 Å². The molecule has 2 atom stereocenters. The van der Waals surface area contributed by atoms with Crippen LogP contribution in [0, 0.1) is 0 Å². The predicted octanol–water partition coefficient (Wildman–Crippen LogP) is 2.50. The van der Waals surface area contributed by atoms with Gasteiger partial charge in [0.2, 0.25) is 5.91 Å². The summed E-state index contributed by atoms with van der Waals surface area (Å²) in [5.41, 5.74) is 1.23. The van der Waals surface area contributed by atoms with Crippen LogP contribution in [0.4, 0.5) is 0 Å². The molecule has 19 heavy (non-hydrogen) atoms. The Balaban J connectivity index is 2.01. The van der Waals surface area contributed by atoms with Gasteiger partial charge in [0.1, 0.15) is 5.76 Å². The number of furan rings is 1. The van der Waals surface area contributed by atoms with Gasteiger partial charge >= 0.3 is 0 Å². The molecule has 0 bridgehead atoms. The summed E-state index contributed by atoms with van der Waals surface area (Å²) >= 11 is 0. The molecule has 0 aromatic carbocycles. The maximum Gasteiger partial charge on any atom is 0.239 e. The zero-order valence-electron chi connectivity index (χ0n) is 12.1. The van der Waals surface area contributed by atoms with Gasteiger partial charge in [-0.2, -0.15) is 0 Å². The molecule has 1 aromatic heterocycles. The predicted molar refractivity (Wildman–Crippen MR) is 74.9 cm³/mol. The molecule has 0 aliphatic heterocycles. The van der Waals surface area contributed by atoms with E-state index in [-0.39, 0.29) is 18.0 Å². The fraction of sp³-hybridized carbons (Fsp3) is 0.667. The number of aryl methyl sites for hydroxylation is 1. The third kappa shape index (κ3) is 3.00. The van der Waals surface area contributed by atoms with Crippen LogP contribution in [0.5, 0.6) is 0 Å². The number of likely N-dealkylation sites (N-methyl/N-ethyl adjacent to an activating group) is 1. The summed E-state index contributed by atoms with van der Waals surface area (Å²) in [5.74, 6) is 1.26. The Morgan fingerprint density at radius 3 is 2.95 bits per heavy atom. The number of amides is 1. The molecular weight excluding hydrogens is 240 g/mol. The van der Waals surface area contributed by atoms with E-state index in [1.807, 2.05) is 31.7 Å². The van der Waals surface area contributed by atoms with Crippen LogP contribution in [0.3, 0.4) is 0 Å². The average Bonchev–Trinajstić information content (AvgIpc) is 2.89. The van der Waals surface area contributed by atoms with E-state index in [0.717, 1.165) is 38.1 Å². The third-order valence-electron chi connectivity index (χ3n) is 3.95. The second-order valence-electron chi connectivity index (χ2n) is 5.14. The second-order valence-corrected chi connectivity index (χ2v) is 5.14. The Morgan fingerprint density at radius 1 is 1.53 bits per heavy atom. The average molecular weight is 264 g/mol. The number of rotatable bonds is 5. The third-order valence-corrected chi connectivity index (χ3v) is 3.95. The standard InChI is InChI=1S/C15H24N2O2/c1-4-17(5-2)15(18)11(3)16-13-7-6-8-14-12(13)9-10-19-14/h9-11,13,16H,4-8H2,1-3H3. The lowest BCUT2D eigenvalue weighted by molar-refractivity contribution is -0.132. The van der Waals surface area contributed by atoms with Crippen LogP contribution in [-0.4, -0.2) is 29.9 Å². The first kappa shape index (κ1) is 14.1. The molecule has 0 radical (unpaired) electrons. The molecular formula is C15H24N2O2. The minimum absolute atomic E-state index is 0.147. The molecule has 0 saturated heterocycles. The first-order valence-electron chi connectivity index (χ1n) is 7.28. The highest BCUT2D eigenvalue weighted by atomic mass is 16.3. The molecule has 2 unspecified atom stereocenters. The minimum atomic E-state index is -0.147. The van der Waals surface area contributed by atoms with E-state index >= 15 is 0 Å². The van der Waals surface area contributed by atoms with Crippen molar-refractivity contribution in [1.82, 2.24) is 10.2 Å². The van der Waals surface area contributed by atoms with Gasteiger partial charge in [-0.15, -0.1) is 0 Å². The van der Waals surface area contributed by atoms with Crippen LogP contribution >= 0.6 is 0 Å². The number of carbonyl (C=O) groups excluding carboxylic acids is 1. The lowest BCUT2D eigenvalue weighted by atomic mass is 9.93. The van der Waals surface area contributed by atoms with Gasteiger partial charge in [-0.25, -0.2) is 0 Å². The number of fused-ring (bicyclic) bond motifs is 1. The van der Waals surface area contributed by atoms with Gasteiger partial charge in [-0.05, 0) is 39.7 Å². The largest absolute Gasteiger partial charge is 0.469 e. The smallest absolute Gasteiger partial charge is 0.239 e. The van der Waals surface area contributed by atoms with E-state index in [1.54, 1.807) is 6.26 Å². The van der Waals surface area contributed by atoms with E-state index in [4.69, 9.17) is 4.42 Å². The number of nitrogens with zero attached hydrogens (tertiary/aromatic N) is 1. The van der Waals surface area contributed by atoms with Gasteiger partial charge in [0.05, 0.1) is 12.3 Å². The molecule has 1 aliphatic carbocycles. The van der Waals surface area contributed by atoms with Crippen LogP contribution in [0.15, 0.2) is 16.7 Å². The highest BCUT2D eigenvalue weighted by Crippen LogP contribution is 2.30. The zero-order valence-corrected chi connectivity index (χ0v) is 12.1. The highest BCUT2D eigenvalue weighted by molar-refractivity contribution is 5.81. The van der Waals surface area contributed by atoms with Crippen molar-refractivity contribution in [2.75, 3.05) is 13.1 Å². The van der Waals surface area contributed by atoms with Gasteiger partial charge in [-0.3, -0.25) is 10.1 Å². The Kier molecular flexibility index (Phi) is 4.64. The summed E-state index contributed by atoms with van der Waals surface area (Å²) < 4.78 is 5.48. The van der Waals surface area contributed by atoms with Crippen molar-refractivity contribution in [3.8, 4) is 0 Å². The van der Waals surface area contributed by atoms with Gasteiger partial charge in [-0.1, -0.05) is 0 Å². The van der Waals surface area contributed by atoms with Gasteiger partial charge in [0, 0.05) is 31.1 Å². The highest BCUT2D eigenvalue weighted by Gasteiger charge is 2.26. The number of nitrogens with one attached hydrogen (secondary N) is 1. The molecule has 1 aromatic rings. The number of carbonyl (C=O) groups is 1. The fourth-order valence-corrected chi connectivity index (χ4v) is 2.84. The van der Waals surface area contributed by atoms with Crippen molar-refractivity contribution >= 4 is 5.91 Å². The first-order chi connectivity index (χ1) is 9.17. The molecule has 1 heterocycles. The second kappa shape index (κ2) is 6.24. The summed E-state index contributed by atoms with van der Waals surface area (Å²) in [5, 5.41) is 3.46. The SMILES string of the molecule is CCN(CC)C(=O)C(C)NC1CCCc2occc21. The van der Waals surface area contributed by atoms with Gasteiger partial charge in [0.25, 0.3) is 0 Å². The molecule has 0 fully saturated rings. The summed E-state index contributed by atoms with van der Waals surface area (Å²) in [6.07, 6.45) is 4.95. The molecule has 1 N–H and O–H groups in total. The zero-order chi connectivity index (χ0) is 13.8. The maximum absolute atomic E-state index is 12.3. The molecule has 4 nitrogen and oxygen atoms in total. The lowest BCUT2D eigenvalue weighted by Crippen LogP contribution is -2.46. The quantitative estimate of drug-likeness (QED) is 0.888. The molecule has 1 aliphatic rings. The molecule has 0 saturated carbocycles. The van der Waals surface area contributed by atoms with Crippen molar-refractivity contribution in [2.24, 2.45) is 0 Å². The molecule has 0 spiro atoms. The minimum Gasteiger partial charge on any atom is -0.469 e. The molecule has 2 rings (SSSR count). The number of hydrogen-bond acceptors (Lipinski definition) is 3. The van der Waals surface area contributed by atoms with Crippen molar-refractivity contribution < 1.29 is 9.21 Å². The summed E-state index contributed by atoms with van der Waals surface area (Å²) in [4.78, 5) is 14.1. The van der Waals surface area contributed by atoms with Crippen LogP contribution < -0.4 is 5.32 Å². The van der Waals surface area contributed by atoms with Crippen molar-refractivity contribution in [1.29, 1.82) is 0 Å². The number of hydrogen-bond donors (Lipinski definition) is 1. The normalized spacial score (nSPS) is 19.8. The first-order valence-corrected chi connectivity index (χ1v) is 7.28. The molecule has 4 heteroatoms. The van der Waals surface area contributed by atoms with Crippen molar-refractivity contribution in [3.05, 3.63) is 23.7 Å². The van der Waals surface area contributed by atoms with Crippen molar-refractivity contribution in [2.45, 2.75) is 52.1 Å². The Morgan fingerprint density at radius 2 is 2.26 bits per heavy atom. The molecule has 1 amide bonds. The summed E-state index contributed by atoms with van der Waals surface area (Å²) in [7, 11) is 0. The van der Waals surface area contributed by atoms with E-state index in [9.17, 15) is 4.79 Å². The van der Waals surface area contributed by atoms with Gasteiger partial charge < -0.3 is 9.32 Å².